The molecule has 2 atom stereocenters. The highest BCUT2D eigenvalue weighted by Crippen LogP contribution is 2.24. The Morgan fingerprint density at radius 3 is 2.13 bits per heavy atom. The van der Waals surface area contributed by atoms with Crippen LogP contribution in [0.15, 0.2) is 0 Å². The minimum Gasteiger partial charge on any atom is -0.319 e. The van der Waals surface area contributed by atoms with Crippen LogP contribution in [0.5, 0.6) is 0 Å². The van der Waals surface area contributed by atoms with Gasteiger partial charge in [-0.25, -0.2) is 0 Å². The first-order valence-corrected chi connectivity index (χ1v) is 9.12. The van der Waals surface area contributed by atoms with E-state index in [1.54, 1.807) is 6.92 Å². The summed E-state index contributed by atoms with van der Waals surface area (Å²) in [4.78, 5) is 24.7. The molecule has 0 spiro atoms. The number of Topliss-reactive ketones (excluding diaryl/α,β-unsaturated/α-hetero) is 2. The second kappa shape index (κ2) is 8.36. The lowest BCUT2D eigenvalue weighted by molar-refractivity contribution is -0.125. The van der Waals surface area contributed by atoms with Crippen molar-refractivity contribution in [3.63, 3.8) is 0 Å². The molecule has 0 bridgehead atoms. The maximum Gasteiger partial charge on any atom is 0.154 e. The summed E-state index contributed by atoms with van der Waals surface area (Å²) in [5.41, 5.74) is 5.04. The van der Waals surface area contributed by atoms with E-state index in [0.717, 1.165) is 25.8 Å². The predicted molar refractivity (Wildman–Crippen MR) is 94.4 cm³/mol. The first-order valence-electron chi connectivity index (χ1n) is 9.12. The molecule has 0 radical (unpaired) electrons. The molecule has 1 rings (SSSR count). The van der Waals surface area contributed by atoms with Gasteiger partial charge in [0.2, 0.25) is 0 Å². The molecule has 1 aliphatic rings. The van der Waals surface area contributed by atoms with Gasteiger partial charge in [-0.3, -0.25) is 9.59 Å². The summed E-state index contributed by atoms with van der Waals surface area (Å²) in [5, 5.41) is 6.98. The minimum atomic E-state index is -0.720. The molecule has 4 N–H and O–H groups in total. The number of hydrogen-bond acceptors (Lipinski definition) is 5. The van der Waals surface area contributed by atoms with Crippen molar-refractivity contribution in [1.82, 2.24) is 10.6 Å². The number of hydrogen-bond donors (Lipinski definition) is 3. The number of ketones is 2. The second-order valence-electron chi connectivity index (χ2n) is 6.94. The zero-order chi connectivity index (χ0) is 17.7. The second-order valence-corrected chi connectivity index (χ2v) is 6.94. The van der Waals surface area contributed by atoms with E-state index in [1.807, 2.05) is 27.7 Å². The molecular formula is C18H35N3O2. The number of nitrogens with one attached hydrogen (secondary N) is 2. The van der Waals surface area contributed by atoms with Crippen LogP contribution in [0.1, 0.15) is 73.1 Å². The van der Waals surface area contributed by atoms with E-state index < -0.39 is 11.1 Å². The summed E-state index contributed by atoms with van der Waals surface area (Å²) in [7, 11) is 0. The highest BCUT2D eigenvalue weighted by Gasteiger charge is 2.40. The van der Waals surface area contributed by atoms with Gasteiger partial charge in [-0.05, 0) is 45.6 Å². The molecule has 0 aromatic carbocycles. The molecule has 1 aliphatic heterocycles. The van der Waals surface area contributed by atoms with Gasteiger partial charge in [-0.1, -0.05) is 27.7 Å². The Morgan fingerprint density at radius 1 is 1.13 bits per heavy atom. The fourth-order valence-electron chi connectivity index (χ4n) is 3.61. The molecule has 5 heteroatoms. The highest BCUT2D eigenvalue weighted by atomic mass is 16.1. The van der Waals surface area contributed by atoms with E-state index in [-0.39, 0.29) is 23.7 Å². The number of rotatable bonds is 10. The molecule has 0 saturated carbocycles. The summed E-state index contributed by atoms with van der Waals surface area (Å²) < 4.78 is 0. The average Bonchev–Trinajstić information content (AvgIpc) is 2.98. The minimum absolute atomic E-state index is 0.0559. The molecule has 1 fully saturated rings. The van der Waals surface area contributed by atoms with Gasteiger partial charge in [-0.15, -0.1) is 0 Å². The zero-order valence-electron chi connectivity index (χ0n) is 15.5. The topological polar surface area (TPSA) is 84.2 Å². The maximum atomic E-state index is 12.6. The monoisotopic (exact) mass is 325 g/mol. The van der Waals surface area contributed by atoms with Crippen molar-refractivity contribution in [1.29, 1.82) is 0 Å². The van der Waals surface area contributed by atoms with Crippen molar-refractivity contribution in [2.75, 3.05) is 6.54 Å². The van der Waals surface area contributed by atoms with Crippen LogP contribution in [0, 0.1) is 0 Å². The van der Waals surface area contributed by atoms with Crippen molar-refractivity contribution < 1.29 is 9.59 Å². The first-order chi connectivity index (χ1) is 10.8. The van der Waals surface area contributed by atoms with Crippen LogP contribution in [-0.2, 0) is 9.59 Å². The van der Waals surface area contributed by atoms with Crippen LogP contribution in [0.25, 0.3) is 0 Å². The Morgan fingerprint density at radius 2 is 1.70 bits per heavy atom. The van der Waals surface area contributed by atoms with Crippen molar-refractivity contribution in [3.05, 3.63) is 0 Å². The summed E-state index contributed by atoms with van der Waals surface area (Å²) in [5.74, 6) is 0.296. The Bertz CT molecular complexity index is 414. The van der Waals surface area contributed by atoms with E-state index in [9.17, 15) is 9.59 Å². The van der Waals surface area contributed by atoms with Crippen molar-refractivity contribution in [3.8, 4) is 0 Å². The molecule has 0 aliphatic carbocycles. The Kier molecular flexibility index (Phi) is 7.36. The van der Waals surface area contributed by atoms with E-state index in [4.69, 9.17) is 5.73 Å². The fourth-order valence-corrected chi connectivity index (χ4v) is 3.61. The third-order valence-corrected chi connectivity index (χ3v) is 5.91. The van der Waals surface area contributed by atoms with Gasteiger partial charge >= 0.3 is 0 Å². The number of carbonyl (C=O) groups is 2. The quantitative estimate of drug-likeness (QED) is 0.571. The summed E-state index contributed by atoms with van der Waals surface area (Å²) in [6, 6.07) is 0.195. The van der Waals surface area contributed by atoms with Crippen LogP contribution in [0.3, 0.4) is 0 Å². The predicted octanol–water partition coefficient (Wildman–Crippen LogP) is 1.93. The lowest BCUT2D eigenvalue weighted by Crippen LogP contribution is -2.58. The Hall–Kier alpha value is -0.780. The van der Waals surface area contributed by atoms with Gasteiger partial charge in [-0.2, -0.15) is 0 Å². The highest BCUT2D eigenvalue weighted by molar-refractivity contribution is 5.89. The zero-order valence-corrected chi connectivity index (χ0v) is 15.5. The third-order valence-electron chi connectivity index (χ3n) is 5.91. The largest absolute Gasteiger partial charge is 0.319 e. The molecule has 1 saturated heterocycles. The lowest BCUT2D eigenvalue weighted by atomic mass is 9.83. The molecule has 5 nitrogen and oxygen atoms in total. The Labute approximate surface area is 141 Å². The maximum absolute atomic E-state index is 12.6. The van der Waals surface area contributed by atoms with Gasteiger partial charge < -0.3 is 16.4 Å². The van der Waals surface area contributed by atoms with E-state index in [0.29, 0.717) is 19.3 Å². The van der Waals surface area contributed by atoms with Crippen molar-refractivity contribution >= 4 is 11.6 Å². The van der Waals surface area contributed by atoms with Gasteiger partial charge in [0, 0.05) is 18.5 Å². The standard InChI is InChI=1S/C18H35N3O2/c1-6-17(19,7-2)16(23)12-15-14(10-11-20-15)21-18(8-3,9-4)13(5)22/h14-15,20-21H,6-12,19H2,1-5H3. The van der Waals surface area contributed by atoms with Gasteiger partial charge in [0.05, 0.1) is 11.1 Å². The Balaban J connectivity index is 2.81. The van der Waals surface area contributed by atoms with Crippen LogP contribution in [-0.4, -0.2) is 41.3 Å². The van der Waals surface area contributed by atoms with Gasteiger partial charge in [0.25, 0.3) is 0 Å². The van der Waals surface area contributed by atoms with Crippen LogP contribution >= 0.6 is 0 Å². The molecule has 2 unspecified atom stereocenters. The summed E-state index contributed by atoms with van der Waals surface area (Å²) in [6.45, 7) is 10.5. The molecule has 134 valence electrons. The van der Waals surface area contributed by atoms with E-state index >= 15 is 0 Å². The van der Waals surface area contributed by atoms with Gasteiger partial charge in [0.15, 0.2) is 5.78 Å². The normalized spacial score (nSPS) is 22.3. The van der Waals surface area contributed by atoms with E-state index in [2.05, 4.69) is 10.6 Å². The van der Waals surface area contributed by atoms with E-state index in [1.165, 1.54) is 0 Å². The van der Waals surface area contributed by atoms with Crippen molar-refractivity contribution in [2.24, 2.45) is 5.73 Å². The van der Waals surface area contributed by atoms with Gasteiger partial charge in [0.1, 0.15) is 5.78 Å². The molecule has 0 amide bonds. The summed E-state index contributed by atoms with van der Waals surface area (Å²) in [6.07, 6.45) is 4.21. The first kappa shape index (κ1) is 20.3. The van der Waals surface area contributed by atoms with Crippen molar-refractivity contribution in [2.45, 2.75) is 96.3 Å². The number of nitrogens with two attached hydrogens (primary N) is 1. The smallest absolute Gasteiger partial charge is 0.154 e. The molecule has 23 heavy (non-hydrogen) atoms. The number of carbonyl (C=O) groups excluding carboxylic acids is 2. The molecule has 0 aromatic heterocycles. The summed E-state index contributed by atoms with van der Waals surface area (Å²) >= 11 is 0. The lowest BCUT2D eigenvalue weighted by Gasteiger charge is -2.36. The molecular weight excluding hydrogens is 290 g/mol. The molecule has 1 heterocycles. The fraction of sp³-hybridized carbons (Fsp3) is 0.889. The average molecular weight is 325 g/mol. The third kappa shape index (κ3) is 4.40. The SMILES string of the molecule is CCC(N)(CC)C(=O)CC1NCCC1NC(CC)(CC)C(C)=O. The van der Waals surface area contributed by atoms with Crippen LogP contribution in [0.2, 0.25) is 0 Å². The van der Waals surface area contributed by atoms with Crippen LogP contribution in [0.4, 0.5) is 0 Å². The molecule has 0 aromatic rings. The van der Waals surface area contributed by atoms with Crippen LogP contribution < -0.4 is 16.4 Å².